The Morgan fingerprint density at radius 3 is 2.28 bits per heavy atom. The minimum atomic E-state index is -0.00600. The van der Waals surface area contributed by atoms with Gasteiger partial charge in [0.05, 0.1) is 11.0 Å². The van der Waals surface area contributed by atoms with Crippen LogP contribution in [0.15, 0.2) is 85.5 Å². The van der Waals surface area contributed by atoms with Gasteiger partial charge in [-0.2, -0.15) is 0 Å². The minimum absolute atomic E-state index is 0.00600. The molecular formula is C28H20N4. The molecule has 4 aromatic carbocycles. The van der Waals surface area contributed by atoms with Crippen LogP contribution in [0.4, 0.5) is 0 Å². The van der Waals surface area contributed by atoms with Gasteiger partial charge in [-0.3, -0.25) is 4.57 Å². The number of fused-ring (bicyclic) bond motifs is 9. The van der Waals surface area contributed by atoms with Gasteiger partial charge in [0.1, 0.15) is 12.7 Å². The number of rotatable bonds is 1. The summed E-state index contributed by atoms with van der Waals surface area (Å²) in [6, 6.07) is 26.4. The molecule has 4 nitrogen and oxygen atoms in total. The molecule has 4 heteroatoms. The molecule has 1 aliphatic carbocycles. The summed E-state index contributed by atoms with van der Waals surface area (Å²) in [5.74, 6) is 0.637. The van der Waals surface area contributed by atoms with Crippen molar-refractivity contribution < 1.29 is 0 Å². The normalized spacial score (nSPS) is 14.2. The lowest BCUT2D eigenvalue weighted by molar-refractivity contribution is 0.661. The van der Waals surface area contributed by atoms with E-state index in [0.29, 0.717) is 5.95 Å². The first-order valence-electron chi connectivity index (χ1n) is 10.9. The van der Waals surface area contributed by atoms with Crippen LogP contribution in [-0.4, -0.2) is 19.5 Å². The summed E-state index contributed by atoms with van der Waals surface area (Å²) in [7, 11) is 0. The lowest BCUT2D eigenvalue weighted by Crippen LogP contribution is -2.14. The highest BCUT2D eigenvalue weighted by Gasteiger charge is 2.36. The molecule has 0 bridgehead atoms. The van der Waals surface area contributed by atoms with Crippen molar-refractivity contribution in [1.82, 2.24) is 19.5 Å². The predicted octanol–water partition coefficient (Wildman–Crippen LogP) is 6.43. The molecule has 7 rings (SSSR count). The second-order valence-electron chi connectivity index (χ2n) is 9.00. The van der Waals surface area contributed by atoms with Gasteiger partial charge in [-0.05, 0) is 45.2 Å². The molecular weight excluding hydrogens is 392 g/mol. The number of benzene rings is 4. The molecule has 6 aromatic rings. The van der Waals surface area contributed by atoms with Crippen LogP contribution in [0.3, 0.4) is 0 Å². The van der Waals surface area contributed by atoms with Crippen LogP contribution in [0.1, 0.15) is 25.0 Å². The predicted molar refractivity (Wildman–Crippen MR) is 129 cm³/mol. The van der Waals surface area contributed by atoms with Gasteiger partial charge in [0, 0.05) is 16.2 Å². The first-order valence-corrected chi connectivity index (χ1v) is 10.9. The van der Waals surface area contributed by atoms with E-state index in [1.807, 2.05) is 0 Å². The van der Waals surface area contributed by atoms with Crippen LogP contribution < -0.4 is 0 Å². The fourth-order valence-electron chi connectivity index (χ4n) is 5.64. The van der Waals surface area contributed by atoms with Crippen molar-refractivity contribution in [3.63, 3.8) is 0 Å². The zero-order chi connectivity index (χ0) is 21.4. The molecule has 0 amide bonds. The molecule has 0 atom stereocenters. The lowest BCUT2D eigenvalue weighted by atomic mass is 9.82. The first kappa shape index (κ1) is 17.6. The highest BCUT2D eigenvalue weighted by Crippen LogP contribution is 2.52. The van der Waals surface area contributed by atoms with E-state index in [2.05, 4.69) is 106 Å². The van der Waals surface area contributed by atoms with Crippen LogP contribution in [0.5, 0.6) is 0 Å². The number of hydrogen-bond donors (Lipinski definition) is 0. The summed E-state index contributed by atoms with van der Waals surface area (Å²) in [4.78, 5) is 12.9. The molecule has 32 heavy (non-hydrogen) atoms. The van der Waals surface area contributed by atoms with Crippen molar-refractivity contribution in [1.29, 1.82) is 0 Å². The van der Waals surface area contributed by atoms with Crippen molar-refractivity contribution in [3.8, 4) is 17.1 Å². The SMILES string of the molecule is CC1(C)c2ccccc2-c2c1ccc1c2ccc2c1c1ccccc1n2-c1ncncn1. The third kappa shape index (κ3) is 2.09. The van der Waals surface area contributed by atoms with Crippen LogP contribution in [0, 0.1) is 0 Å². The Bertz CT molecular complexity index is 1690. The number of aromatic nitrogens is 4. The van der Waals surface area contributed by atoms with Crippen molar-refractivity contribution in [2.75, 3.05) is 0 Å². The molecule has 0 spiro atoms. The van der Waals surface area contributed by atoms with Crippen LogP contribution >= 0.6 is 0 Å². The number of hydrogen-bond acceptors (Lipinski definition) is 3. The molecule has 2 heterocycles. The average Bonchev–Trinajstić information content (AvgIpc) is 3.29. The average molecular weight is 412 g/mol. The van der Waals surface area contributed by atoms with Gasteiger partial charge in [-0.1, -0.05) is 74.5 Å². The third-order valence-corrected chi connectivity index (χ3v) is 7.06. The zero-order valence-electron chi connectivity index (χ0n) is 17.9. The van der Waals surface area contributed by atoms with E-state index in [1.165, 1.54) is 43.8 Å². The number of para-hydroxylation sites is 1. The Kier molecular flexibility index (Phi) is 3.31. The molecule has 0 aliphatic heterocycles. The zero-order valence-corrected chi connectivity index (χ0v) is 17.9. The van der Waals surface area contributed by atoms with E-state index < -0.39 is 0 Å². The Morgan fingerprint density at radius 1 is 0.656 bits per heavy atom. The standard InChI is InChI=1S/C28H20N4/c1-28(2)21-9-5-3-7-19(21)25-17-12-14-24-26(18(17)11-13-22(25)28)20-8-4-6-10-23(20)32(24)27-30-15-29-16-31-27/h3-16H,1-2H3. The van der Waals surface area contributed by atoms with Gasteiger partial charge in [0.25, 0.3) is 0 Å². The Hall–Kier alpha value is -4.05. The summed E-state index contributed by atoms with van der Waals surface area (Å²) in [6.45, 7) is 4.66. The van der Waals surface area contributed by atoms with Crippen LogP contribution in [0.2, 0.25) is 0 Å². The third-order valence-electron chi connectivity index (χ3n) is 7.06. The Balaban J connectivity index is 1.67. The van der Waals surface area contributed by atoms with E-state index in [9.17, 15) is 0 Å². The van der Waals surface area contributed by atoms with Crippen molar-refractivity contribution >= 4 is 32.6 Å². The fourth-order valence-corrected chi connectivity index (χ4v) is 5.64. The van der Waals surface area contributed by atoms with E-state index >= 15 is 0 Å². The van der Waals surface area contributed by atoms with E-state index in [1.54, 1.807) is 12.7 Å². The summed E-state index contributed by atoms with van der Waals surface area (Å²) in [6.07, 6.45) is 3.10. The van der Waals surface area contributed by atoms with Gasteiger partial charge in [0.15, 0.2) is 0 Å². The molecule has 0 fully saturated rings. The fraction of sp³-hybridized carbons (Fsp3) is 0.107. The van der Waals surface area contributed by atoms with Crippen molar-refractivity contribution in [3.05, 3.63) is 96.6 Å². The van der Waals surface area contributed by atoms with Gasteiger partial charge < -0.3 is 0 Å². The summed E-state index contributed by atoms with van der Waals surface area (Å²) < 4.78 is 2.14. The largest absolute Gasteiger partial charge is 0.278 e. The monoisotopic (exact) mass is 412 g/mol. The molecule has 0 N–H and O–H groups in total. The minimum Gasteiger partial charge on any atom is -0.278 e. The van der Waals surface area contributed by atoms with Crippen molar-refractivity contribution in [2.45, 2.75) is 19.3 Å². The van der Waals surface area contributed by atoms with E-state index in [0.717, 1.165) is 11.0 Å². The van der Waals surface area contributed by atoms with Crippen LogP contribution in [-0.2, 0) is 5.41 Å². The smallest absolute Gasteiger partial charge is 0.237 e. The van der Waals surface area contributed by atoms with Gasteiger partial charge in [0.2, 0.25) is 5.95 Å². The highest BCUT2D eigenvalue weighted by molar-refractivity contribution is 6.23. The molecule has 0 unspecified atom stereocenters. The topological polar surface area (TPSA) is 43.6 Å². The molecule has 0 radical (unpaired) electrons. The summed E-state index contributed by atoms with van der Waals surface area (Å²) >= 11 is 0. The Labute approximate surface area is 185 Å². The molecule has 0 saturated carbocycles. The van der Waals surface area contributed by atoms with Crippen LogP contribution in [0.25, 0.3) is 49.7 Å². The van der Waals surface area contributed by atoms with E-state index in [-0.39, 0.29) is 5.41 Å². The second kappa shape index (κ2) is 6.01. The second-order valence-corrected chi connectivity index (χ2v) is 9.00. The van der Waals surface area contributed by atoms with Crippen molar-refractivity contribution in [2.24, 2.45) is 0 Å². The summed E-state index contributed by atoms with van der Waals surface area (Å²) in [5, 5.41) is 5.01. The maximum atomic E-state index is 4.45. The quantitative estimate of drug-likeness (QED) is 0.313. The highest BCUT2D eigenvalue weighted by atomic mass is 15.2. The van der Waals surface area contributed by atoms with Gasteiger partial charge in [-0.15, -0.1) is 0 Å². The van der Waals surface area contributed by atoms with Gasteiger partial charge in [-0.25, -0.2) is 15.0 Å². The first-order chi connectivity index (χ1) is 15.7. The molecule has 2 aromatic heterocycles. The lowest BCUT2D eigenvalue weighted by Gasteiger charge is -2.21. The van der Waals surface area contributed by atoms with Gasteiger partial charge >= 0.3 is 0 Å². The van der Waals surface area contributed by atoms with E-state index in [4.69, 9.17) is 0 Å². The molecule has 152 valence electrons. The maximum Gasteiger partial charge on any atom is 0.237 e. The Morgan fingerprint density at radius 2 is 1.41 bits per heavy atom. The maximum absolute atomic E-state index is 4.45. The summed E-state index contributed by atoms with van der Waals surface area (Å²) in [5.41, 5.74) is 7.70. The molecule has 0 saturated heterocycles. The number of nitrogens with zero attached hydrogens (tertiary/aromatic N) is 4. The molecule has 1 aliphatic rings.